The molecule has 2 aromatic carbocycles. The van der Waals surface area contributed by atoms with Crippen molar-refractivity contribution >= 4 is 5.97 Å². The van der Waals surface area contributed by atoms with Crippen LogP contribution in [-0.2, 0) is 11.2 Å². The van der Waals surface area contributed by atoms with Gasteiger partial charge in [0.05, 0.1) is 5.56 Å². The maximum Gasteiger partial charge on any atom is 0.340 e. The highest BCUT2D eigenvalue weighted by Crippen LogP contribution is 2.35. The van der Waals surface area contributed by atoms with Crippen molar-refractivity contribution in [2.75, 3.05) is 13.1 Å². The SMILES string of the molecule is O=C1O[C@@H](N2CCC(Cc3ccccc3)CC2)c2ccccc21. The third-order valence-corrected chi connectivity index (χ3v) is 5.01. The molecule has 0 bridgehead atoms. The molecule has 1 atom stereocenters. The molecular formula is C20H21NO2. The minimum absolute atomic E-state index is 0.183. The first-order valence-corrected chi connectivity index (χ1v) is 8.39. The first-order chi connectivity index (χ1) is 11.3. The predicted molar refractivity (Wildman–Crippen MR) is 89.0 cm³/mol. The van der Waals surface area contributed by atoms with Gasteiger partial charge >= 0.3 is 5.97 Å². The molecule has 2 aliphatic heterocycles. The van der Waals surface area contributed by atoms with E-state index in [0.29, 0.717) is 0 Å². The Balaban J connectivity index is 1.40. The molecule has 3 heteroatoms. The molecule has 0 amide bonds. The molecule has 23 heavy (non-hydrogen) atoms. The van der Waals surface area contributed by atoms with Crippen LogP contribution in [0.15, 0.2) is 54.6 Å². The number of esters is 1. The zero-order chi connectivity index (χ0) is 15.6. The van der Waals surface area contributed by atoms with E-state index in [9.17, 15) is 4.79 Å². The number of piperidine rings is 1. The third-order valence-electron chi connectivity index (χ3n) is 5.01. The fourth-order valence-electron chi connectivity index (χ4n) is 3.74. The number of fused-ring (bicyclic) bond motifs is 1. The van der Waals surface area contributed by atoms with Gasteiger partial charge in [0.25, 0.3) is 0 Å². The molecule has 1 saturated heterocycles. The molecule has 1 fully saturated rings. The Morgan fingerprint density at radius 1 is 0.957 bits per heavy atom. The Hall–Kier alpha value is -2.13. The number of carbonyl (C=O) groups excluding carboxylic acids is 1. The van der Waals surface area contributed by atoms with E-state index in [1.54, 1.807) is 0 Å². The lowest BCUT2D eigenvalue weighted by Gasteiger charge is -2.35. The summed E-state index contributed by atoms with van der Waals surface area (Å²) in [7, 11) is 0. The van der Waals surface area contributed by atoms with Gasteiger partial charge in [-0.05, 0) is 36.8 Å². The number of benzene rings is 2. The van der Waals surface area contributed by atoms with Crippen LogP contribution in [0.1, 0.15) is 40.6 Å². The van der Waals surface area contributed by atoms with E-state index in [4.69, 9.17) is 4.74 Å². The van der Waals surface area contributed by atoms with E-state index in [1.165, 1.54) is 5.56 Å². The van der Waals surface area contributed by atoms with Gasteiger partial charge < -0.3 is 4.74 Å². The number of ether oxygens (including phenoxy) is 1. The lowest BCUT2D eigenvalue weighted by molar-refractivity contribution is -0.0357. The molecule has 3 nitrogen and oxygen atoms in total. The summed E-state index contributed by atoms with van der Waals surface area (Å²) in [5.74, 6) is 0.540. The van der Waals surface area contributed by atoms with Crippen LogP contribution in [0.2, 0.25) is 0 Å². The van der Waals surface area contributed by atoms with Gasteiger partial charge in [0.1, 0.15) is 0 Å². The third kappa shape index (κ3) is 2.89. The van der Waals surface area contributed by atoms with E-state index in [1.807, 2.05) is 24.3 Å². The molecule has 4 rings (SSSR count). The Kier molecular flexibility index (Phi) is 3.88. The van der Waals surface area contributed by atoms with Crippen molar-refractivity contribution in [3.05, 3.63) is 71.3 Å². The maximum atomic E-state index is 12.0. The van der Waals surface area contributed by atoms with Crippen molar-refractivity contribution in [1.82, 2.24) is 4.90 Å². The van der Waals surface area contributed by atoms with Crippen molar-refractivity contribution in [3.8, 4) is 0 Å². The van der Waals surface area contributed by atoms with E-state index < -0.39 is 0 Å². The molecule has 0 N–H and O–H groups in total. The summed E-state index contributed by atoms with van der Waals surface area (Å²) in [6.45, 7) is 1.98. The molecular weight excluding hydrogens is 286 g/mol. The number of rotatable bonds is 3. The topological polar surface area (TPSA) is 29.5 Å². The predicted octanol–water partition coefficient (Wildman–Crippen LogP) is 3.81. The van der Waals surface area contributed by atoms with Gasteiger partial charge in [0.2, 0.25) is 0 Å². The van der Waals surface area contributed by atoms with Crippen LogP contribution in [0.3, 0.4) is 0 Å². The highest BCUT2D eigenvalue weighted by atomic mass is 16.6. The standard InChI is InChI=1S/C20H21NO2/c22-20-18-9-5-4-8-17(18)19(23-20)21-12-10-16(11-13-21)14-15-6-2-1-3-7-15/h1-9,16,19H,10-14H2/t19-/m1/s1. The minimum Gasteiger partial charge on any atom is -0.438 e. The monoisotopic (exact) mass is 307 g/mol. The summed E-state index contributed by atoms with van der Waals surface area (Å²) in [5.41, 5.74) is 3.17. The molecule has 0 unspecified atom stereocenters. The number of carbonyl (C=O) groups is 1. The molecule has 0 saturated carbocycles. The molecule has 0 aliphatic carbocycles. The van der Waals surface area contributed by atoms with Crippen LogP contribution in [0.5, 0.6) is 0 Å². The molecule has 0 spiro atoms. The Morgan fingerprint density at radius 3 is 2.43 bits per heavy atom. The van der Waals surface area contributed by atoms with Crippen LogP contribution in [0, 0.1) is 5.92 Å². The van der Waals surface area contributed by atoms with Gasteiger partial charge in [0, 0.05) is 18.7 Å². The van der Waals surface area contributed by atoms with Crippen LogP contribution < -0.4 is 0 Å². The van der Waals surface area contributed by atoms with Crippen molar-refractivity contribution in [1.29, 1.82) is 0 Å². The summed E-state index contributed by atoms with van der Waals surface area (Å²) in [5, 5.41) is 0. The van der Waals surface area contributed by atoms with E-state index in [-0.39, 0.29) is 12.2 Å². The number of likely N-dealkylation sites (tertiary alicyclic amines) is 1. The molecule has 2 aliphatic rings. The smallest absolute Gasteiger partial charge is 0.340 e. The van der Waals surface area contributed by atoms with E-state index in [0.717, 1.165) is 49.4 Å². The second kappa shape index (κ2) is 6.17. The van der Waals surface area contributed by atoms with Gasteiger partial charge in [0.15, 0.2) is 6.23 Å². The molecule has 0 radical (unpaired) electrons. The molecule has 2 aromatic rings. The quantitative estimate of drug-likeness (QED) is 0.808. The summed E-state index contributed by atoms with van der Waals surface area (Å²) < 4.78 is 5.61. The average molecular weight is 307 g/mol. The van der Waals surface area contributed by atoms with Crippen molar-refractivity contribution in [2.45, 2.75) is 25.5 Å². The van der Waals surface area contributed by atoms with Crippen LogP contribution in [-0.4, -0.2) is 24.0 Å². The van der Waals surface area contributed by atoms with Crippen LogP contribution in [0.25, 0.3) is 0 Å². The fraction of sp³-hybridized carbons (Fsp3) is 0.350. The second-order valence-corrected chi connectivity index (χ2v) is 6.51. The van der Waals surface area contributed by atoms with Gasteiger partial charge in [-0.25, -0.2) is 4.79 Å². The van der Waals surface area contributed by atoms with Gasteiger partial charge in [-0.2, -0.15) is 0 Å². The summed E-state index contributed by atoms with van der Waals surface area (Å²) in [6.07, 6.45) is 3.28. The Morgan fingerprint density at radius 2 is 1.65 bits per heavy atom. The Bertz CT molecular complexity index is 690. The Labute approximate surface area is 136 Å². The summed E-state index contributed by atoms with van der Waals surface area (Å²) >= 11 is 0. The number of hydrogen-bond acceptors (Lipinski definition) is 3. The maximum absolute atomic E-state index is 12.0. The van der Waals surface area contributed by atoms with Crippen molar-refractivity contribution < 1.29 is 9.53 Å². The van der Waals surface area contributed by atoms with Gasteiger partial charge in [-0.15, -0.1) is 0 Å². The van der Waals surface area contributed by atoms with Crippen LogP contribution >= 0.6 is 0 Å². The zero-order valence-electron chi connectivity index (χ0n) is 13.2. The highest BCUT2D eigenvalue weighted by Gasteiger charge is 2.36. The summed E-state index contributed by atoms with van der Waals surface area (Å²) in [4.78, 5) is 14.3. The van der Waals surface area contributed by atoms with Gasteiger partial charge in [-0.1, -0.05) is 48.5 Å². The first-order valence-electron chi connectivity index (χ1n) is 8.39. The largest absolute Gasteiger partial charge is 0.438 e. The van der Waals surface area contributed by atoms with E-state index >= 15 is 0 Å². The molecule has 2 heterocycles. The molecule has 118 valence electrons. The number of nitrogens with zero attached hydrogens (tertiary/aromatic N) is 1. The highest BCUT2D eigenvalue weighted by molar-refractivity contribution is 5.93. The minimum atomic E-state index is -0.184. The molecule has 0 aromatic heterocycles. The fourth-order valence-corrected chi connectivity index (χ4v) is 3.74. The summed E-state index contributed by atoms with van der Waals surface area (Å²) in [6, 6.07) is 18.5. The lowest BCUT2D eigenvalue weighted by atomic mass is 9.90. The second-order valence-electron chi connectivity index (χ2n) is 6.51. The van der Waals surface area contributed by atoms with Gasteiger partial charge in [-0.3, -0.25) is 4.90 Å². The van der Waals surface area contributed by atoms with Crippen molar-refractivity contribution in [2.24, 2.45) is 5.92 Å². The zero-order valence-corrected chi connectivity index (χ0v) is 13.2. The number of hydrogen-bond donors (Lipinski definition) is 0. The normalized spacial score (nSPS) is 21.9. The van der Waals surface area contributed by atoms with Crippen molar-refractivity contribution in [3.63, 3.8) is 0 Å². The average Bonchev–Trinajstić information content (AvgIpc) is 2.94. The van der Waals surface area contributed by atoms with E-state index in [2.05, 4.69) is 35.2 Å². The lowest BCUT2D eigenvalue weighted by Crippen LogP contribution is -2.37. The van der Waals surface area contributed by atoms with Crippen LogP contribution in [0.4, 0.5) is 0 Å². The number of cyclic esters (lactones) is 1. The first kappa shape index (κ1) is 14.5.